The molecule has 0 radical (unpaired) electrons. The number of carbonyl (C=O) groups is 4. The zero-order chi connectivity index (χ0) is 19.6. The molecule has 0 bridgehead atoms. The lowest BCUT2D eigenvalue weighted by molar-refractivity contribution is -0.150. The van der Waals surface area contributed by atoms with Crippen molar-refractivity contribution in [3.63, 3.8) is 0 Å². The minimum Gasteiger partial charge on any atom is -0.454 e. The van der Waals surface area contributed by atoms with Crippen molar-refractivity contribution in [3.05, 3.63) is 11.8 Å². The van der Waals surface area contributed by atoms with E-state index in [9.17, 15) is 19.2 Å². The van der Waals surface area contributed by atoms with Crippen molar-refractivity contribution in [2.45, 2.75) is 45.1 Å². The molecule has 3 rings (SSSR count). The Morgan fingerprint density at radius 2 is 2.22 bits per heavy atom. The Bertz CT molecular complexity index is 775. The monoisotopic (exact) mass is 378 g/mol. The lowest BCUT2D eigenvalue weighted by atomic mass is 9.73. The number of anilines is 1. The number of nitrogens with zero attached hydrogens (tertiary/aromatic N) is 2. The van der Waals surface area contributed by atoms with E-state index in [1.807, 2.05) is 6.92 Å². The minimum absolute atomic E-state index is 0.000129. The standard InChI is InChI=1S/C17H22N4O6/c1-10-5-3-4-6-17(10)15(24)21(16(25)19-17)8-14(23)26-9-12(22)18-13-7-11(2)20-27-13/h7,10H,3-6,8-9H2,1-2H3,(H,18,22)(H,19,25). The second-order valence-electron chi connectivity index (χ2n) is 6.98. The van der Waals surface area contributed by atoms with Crippen LogP contribution in [0.1, 0.15) is 38.3 Å². The van der Waals surface area contributed by atoms with E-state index in [4.69, 9.17) is 9.26 Å². The van der Waals surface area contributed by atoms with Gasteiger partial charge in [0.1, 0.15) is 12.1 Å². The summed E-state index contributed by atoms with van der Waals surface area (Å²) in [5, 5.41) is 8.74. The fraction of sp³-hybridized carbons (Fsp3) is 0.588. The molecule has 1 spiro atoms. The van der Waals surface area contributed by atoms with Crippen molar-refractivity contribution in [2.24, 2.45) is 5.92 Å². The van der Waals surface area contributed by atoms with Crippen LogP contribution in [-0.2, 0) is 19.1 Å². The van der Waals surface area contributed by atoms with Crippen LogP contribution in [0.15, 0.2) is 10.6 Å². The van der Waals surface area contributed by atoms with Gasteiger partial charge in [0.2, 0.25) is 5.88 Å². The van der Waals surface area contributed by atoms with Gasteiger partial charge in [0.25, 0.3) is 11.8 Å². The molecule has 2 aliphatic rings. The first-order valence-corrected chi connectivity index (χ1v) is 8.85. The molecule has 1 aliphatic heterocycles. The Labute approximate surface area is 155 Å². The topological polar surface area (TPSA) is 131 Å². The Balaban J connectivity index is 1.52. The summed E-state index contributed by atoms with van der Waals surface area (Å²) in [7, 11) is 0. The zero-order valence-corrected chi connectivity index (χ0v) is 15.2. The van der Waals surface area contributed by atoms with Gasteiger partial charge in [0.15, 0.2) is 6.61 Å². The van der Waals surface area contributed by atoms with E-state index < -0.39 is 42.5 Å². The SMILES string of the molecule is Cc1cc(NC(=O)COC(=O)CN2C(=O)NC3(CCCCC3C)C2=O)on1. The Kier molecular flexibility index (Phi) is 5.15. The van der Waals surface area contributed by atoms with Crippen LogP contribution >= 0.6 is 0 Å². The predicted molar refractivity (Wildman–Crippen MR) is 91.4 cm³/mol. The maximum Gasteiger partial charge on any atom is 0.326 e. The van der Waals surface area contributed by atoms with E-state index >= 15 is 0 Å². The maximum atomic E-state index is 12.8. The summed E-state index contributed by atoms with van der Waals surface area (Å²) in [6, 6.07) is 0.907. The second-order valence-corrected chi connectivity index (χ2v) is 6.98. The third kappa shape index (κ3) is 3.79. The van der Waals surface area contributed by atoms with Crippen LogP contribution in [0.25, 0.3) is 0 Å². The first kappa shape index (κ1) is 18.9. The Morgan fingerprint density at radius 3 is 2.89 bits per heavy atom. The molecule has 0 aromatic carbocycles. The molecule has 1 saturated heterocycles. The van der Waals surface area contributed by atoms with Gasteiger partial charge in [0, 0.05) is 6.07 Å². The van der Waals surface area contributed by atoms with Gasteiger partial charge < -0.3 is 14.6 Å². The van der Waals surface area contributed by atoms with Crippen LogP contribution in [0, 0.1) is 12.8 Å². The molecule has 1 aromatic heterocycles. The molecule has 1 aliphatic carbocycles. The average molecular weight is 378 g/mol. The highest BCUT2D eigenvalue weighted by atomic mass is 16.5. The molecule has 10 nitrogen and oxygen atoms in total. The molecule has 2 fully saturated rings. The first-order valence-electron chi connectivity index (χ1n) is 8.85. The molecular formula is C17H22N4O6. The van der Waals surface area contributed by atoms with E-state index in [2.05, 4.69) is 15.8 Å². The van der Waals surface area contributed by atoms with Gasteiger partial charge in [-0.25, -0.2) is 4.79 Å². The van der Waals surface area contributed by atoms with Crippen molar-refractivity contribution in [1.82, 2.24) is 15.4 Å². The average Bonchev–Trinajstić information content (AvgIpc) is 3.12. The Hall–Kier alpha value is -2.91. The van der Waals surface area contributed by atoms with Crippen molar-refractivity contribution >= 4 is 29.7 Å². The summed E-state index contributed by atoms with van der Waals surface area (Å²) in [5.74, 6) is -1.73. The quantitative estimate of drug-likeness (QED) is 0.576. The number of nitrogens with one attached hydrogen (secondary N) is 2. The number of aryl methyl sites for hydroxylation is 1. The normalized spacial score (nSPS) is 24.8. The molecule has 146 valence electrons. The number of rotatable bonds is 5. The summed E-state index contributed by atoms with van der Waals surface area (Å²) in [4.78, 5) is 49.6. The van der Waals surface area contributed by atoms with Crippen molar-refractivity contribution in [3.8, 4) is 0 Å². The van der Waals surface area contributed by atoms with Crippen molar-refractivity contribution in [2.75, 3.05) is 18.5 Å². The highest BCUT2D eigenvalue weighted by Crippen LogP contribution is 2.38. The Morgan fingerprint density at radius 1 is 1.44 bits per heavy atom. The molecule has 2 N–H and O–H groups in total. The molecule has 4 amide bonds. The highest BCUT2D eigenvalue weighted by Gasteiger charge is 2.55. The van der Waals surface area contributed by atoms with Crippen molar-refractivity contribution in [1.29, 1.82) is 0 Å². The number of imide groups is 1. The van der Waals surface area contributed by atoms with E-state index in [1.165, 1.54) is 6.07 Å². The maximum absolute atomic E-state index is 12.8. The van der Waals surface area contributed by atoms with Gasteiger partial charge in [-0.15, -0.1) is 0 Å². The van der Waals surface area contributed by atoms with Gasteiger partial charge >= 0.3 is 12.0 Å². The smallest absolute Gasteiger partial charge is 0.326 e. The van der Waals surface area contributed by atoms with Gasteiger partial charge in [-0.05, 0) is 25.7 Å². The fourth-order valence-corrected chi connectivity index (χ4v) is 3.56. The van der Waals surface area contributed by atoms with Crippen LogP contribution < -0.4 is 10.6 Å². The number of hydrogen-bond donors (Lipinski definition) is 2. The molecular weight excluding hydrogens is 356 g/mol. The van der Waals surface area contributed by atoms with Gasteiger partial charge in [-0.1, -0.05) is 24.9 Å². The van der Waals surface area contributed by atoms with Gasteiger partial charge in [-0.3, -0.25) is 24.6 Å². The summed E-state index contributed by atoms with van der Waals surface area (Å²) >= 11 is 0. The lowest BCUT2D eigenvalue weighted by Gasteiger charge is -2.36. The van der Waals surface area contributed by atoms with Crippen LogP contribution in [0.3, 0.4) is 0 Å². The van der Waals surface area contributed by atoms with Crippen LogP contribution in [0.4, 0.5) is 10.7 Å². The summed E-state index contributed by atoms with van der Waals surface area (Å²) in [5.41, 5.74) is -0.344. The van der Waals surface area contributed by atoms with Crippen LogP contribution in [0.5, 0.6) is 0 Å². The third-order valence-electron chi connectivity index (χ3n) is 5.04. The number of urea groups is 1. The van der Waals surface area contributed by atoms with Gasteiger partial charge in [0.05, 0.1) is 5.69 Å². The summed E-state index contributed by atoms with van der Waals surface area (Å²) in [6.07, 6.45) is 3.25. The summed E-state index contributed by atoms with van der Waals surface area (Å²) in [6.45, 7) is 2.52. The summed E-state index contributed by atoms with van der Waals surface area (Å²) < 4.78 is 9.68. The minimum atomic E-state index is -0.933. The number of carbonyl (C=O) groups excluding carboxylic acids is 4. The molecule has 10 heteroatoms. The largest absolute Gasteiger partial charge is 0.454 e. The van der Waals surface area contributed by atoms with E-state index in [0.717, 1.165) is 24.2 Å². The van der Waals surface area contributed by atoms with Crippen LogP contribution in [0.2, 0.25) is 0 Å². The fourth-order valence-electron chi connectivity index (χ4n) is 3.56. The molecule has 1 saturated carbocycles. The van der Waals surface area contributed by atoms with E-state index in [0.29, 0.717) is 12.1 Å². The number of ether oxygens (including phenoxy) is 1. The molecule has 1 aromatic rings. The highest BCUT2D eigenvalue weighted by molar-refractivity contribution is 6.09. The number of amides is 4. The van der Waals surface area contributed by atoms with Crippen LogP contribution in [-0.4, -0.2) is 52.6 Å². The number of esters is 1. The second kappa shape index (κ2) is 7.37. The van der Waals surface area contributed by atoms with Gasteiger partial charge in [-0.2, -0.15) is 0 Å². The molecule has 2 unspecified atom stereocenters. The first-order chi connectivity index (χ1) is 12.8. The van der Waals surface area contributed by atoms with E-state index in [-0.39, 0.29) is 11.8 Å². The predicted octanol–water partition coefficient (Wildman–Crippen LogP) is 0.965. The zero-order valence-electron chi connectivity index (χ0n) is 15.2. The van der Waals surface area contributed by atoms with E-state index in [1.54, 1.807) is 6.92 Å². The lowest BCUT2D eigenvalue weighted by Crippen LogP contribution is -2.54. The molecule has 27 heavy (non-hydrogen) atoms. The van der Waals surface area contributed by atoms with Crippen molar-refractivity contribution < 1.29 is 28.4 Å². The number of aromatic nitrogens is 1. The third-order valence-corrected chi connectivity index (χ3v) is 5.04. The number of hydrogen-bond acceptors (Lipinski definition) is 7. The molecule has 2 heterocycles. The molecule has 2 atom stereocenters.